The molecule has 0 spiro atoms. The minimum atomic E-state index is -0.864. The summed E-state index contributed by atoms with van der Waals surface area (Å²) in [5.41, 5.74) is 7.37. The van der Waals surface area contributed by atoms with Gasteiger partial charge in [-0.05, 0) is 17.5 Å². The summed E-state index contributed by atoms with van der Waals surface area (Å²) in [4.78, 5) is 10.8. The van der Waals surface area contributed by atoms with Crippen LogP contribution < -0.4 is 5.73 Å². The Morgan fingerprint density at radius 1 is 1.43 bits per heavy atom. The maximum Gasteiger partial charge on any atom is 0.312 e. The van der Waals surface area contributed by atoms with Crippen molar-refractivity contribution in [2.24, 2.45) is 5.73 Å². The molecule has 0 bridgehead atoms. The standard InChI is InChI=1S/C11H15NO2/c1-2-8-3-5-9(6-4-8)10(7-12)11(13)14/h3-6,10H,2,7,12H2,1H3,(H,13,14). The molecule has 1 unspecified atom stereocenters. The lowest BCUT2D eigenvalue weighted by molar-refractivity contribution is -0.138. The first kappa shape index (κ1) is 10.7. The number of hydrogen-bond acceptors (Lipinski definition) is 2. The molecule has 1 rings (SSSR count). The molecule has 1 atom stereocenters. The third-order valence-corrected chi connectivity index (χ3v) is 2.32. The number of hydrogen-bond donors (Lipinski definition) is 2. The Morgan fingerprint density at radius 3 is 2.36 bits per heavy atom. The molecule has 0 aliphatic heterocycles. The Kier molecular flexibility index (Phi) is 3.65. The number of carboxylic acids is 1. The fourth-order valence-electron chi connectivity index (χ4n) is 1.37. The van der Waals surface area contributed by atoms with Gasteiger partial charge < -0.3 is 10.8 Å². The van der Waals surface area contributed by atoms with E-state index >= 15 is 0 Å². The fourth-order valence-corrected chi connectivity index (χ4v) is 1.37. The number of carbonyl (C=O) groups is 1. The van der Waals surface area contributed by atoms with Crippen molar-refractivity contribution in [2.75, 3.05) is 6.54 Å². The predicted octanol–water partition coefficient (Wildman–Crippen LogP) is 1.38. The van der Waals surface area contributed by atoms with Crippen LogP contribution in [0.5, 0.6) is 0 Å². The molecule has 3 heteroatoms. The van der Waals surface area contributed by atoms with Gasteiger partial charge in [-0.15, -0.1) is 0 Å². The number of benzene rings is 1. The van der Waals surface area contributed by atoms with Crippen LogP contribution in [0.3, 0.4) is 0 Å². The molecular formula is C11H15NO2. The van der Waals surface area contributed by atoms with Gasteiger partial charge in [-0.3, -0.25) is 4.79 Å². The predicted molar refractivity (Wildman–Crippen MR) is 55.3 cm³/mol. The van der Waals surface area contributed by atoms with Gasteiger partial charge in [0.25, 0.3) is 0 Å². The summed E-state index contributed by atoms with van der Waals surface area (Å²) in [6.45, 7) is 2.20. The van der Waals surface area contributed by atoms with E-state index in [2.05, 4.69) is 6.92 Å². The van der Waals surface area contributed by atoms with Crippen LogP contribution in [0.25, 0.3) is 0 Å². The van der Waals surface area contributed by atoms with Gasteiger partial charge in [0.2, 0.25) is 0 Å². The van der Waals surface area contributed by atoms with Crippen LogP contribution in [0.4, 0.5) is 0 Å². The molecule has 0 saturated heterocycles. The zero-order valence-electron chi connectivity index (χ0n) is 8.23. The Morgan fingerprint density at radius 2 is 2.00 bits per heavy atom. The SMILES string of the molecule is CCc1ccc(C(CN)C(=O)O)cc1. The summed E-state index contributed by atoms with van der Waals surface area (Å²) in [7, 11) is 0. The van der Waals surface area contributed by atoms with E-state index < -0.39 is 11.9 Å². The normalized spacial score (nSPS) is 12.4. The third-order valence-electron chi connectivity index (χ3n) is 2.32. The molecule has 76 valence electrons. The van der Waals surface area contributed by atoms with Gasteiger partial charge in [0, 0.05) is 6.54 Å². The molecule has 0 heterocycles. The van der Waals surface area contributed by atoms with Gasteiger partial charge in [0.1, 0.15) is 0 Å². The molecule has 0 amide bonds. The second kappa shape index (κ2) is 4.77. The number of aliphatic carboxylic acids is 1. The smallest absolute Gasteiger partial charge is 0.312 e. The van der Waals surface area contributed by atoms with Crippen molar-refractivity contribution in [3.63, 3.8) is 0 Å². The number of rotatable bonds is 4. The lowest BCUT2D eigenvalue weighted by Gasteiger charge is -2.10. The van der Waals surface area contributed by atoms with Gasteiger partial charge in [0.15, 0.2) is 0 Å². The molecule has 14 heavy (non-hydrogen) atoms. The molecule has 0 saturated carbocycles. The highest BCUT2D eigenvalue weighted by molar-refractivity contribution is 5.76. The average Bonchev–Trinajstić information content (AvgIpc) is 2.19. The molecule has 0 aliphatic carbocycles. The minimum Gasteiger partial charge on any atom is -0.481 e. The molecule has 1 aromatic rings. The summed E-state index contributed by atoms with van der Waals surface area (Å²) in [6, 6.07) is 7.57. The summed E-state index contributed by atoms with van der Waals surface area (Å²) in [6.07, 6.45) is 0.959. The quantitative estimate of drug-likeness (QED) is 0.759. The van der Waals surface area contributed by atoms with Crippen molar-refractivity contribution < 1.29 is 9.90 Å². The molecule has 1 aromatic carbocycles. The number of carboxylic acid groups (broad SMARTS) is 1. The van der Waals surface area contributed by atoms with Crippen LogP contribution in [0.2, 0.25) is 0 Å². The van der Waals surface area contributed by atoms with Crippen molar-refractivity contribution in [1.29, 1.82) is 0 Å². The van der Waals surface area contributed by atoms with Crippen molar-refractivity contribution in [2.45, 2.75) is 19.3 Å². The first-order valence-electron chi connectivity index (χ1n) is 4.70. The van der Waals surface area contributed by atoms with Gasteiger partial charge in [-0.25, -0.2) is 0 Å². The second-order valence-electron chi connectivity index (χ2n) is 3.22. The summed E-state index contributed by atoms with van der Waals surface area (Å²) >= 11 is 0. The largest absolute Gasteiger partial charge is 0.481 e. The zero-order valence-corrected chi connectivity index (χ0v) is 8.23. The molecule has 3 N–H and O–H groups in total. The van der Waals surface area contributed by atoms with Crippen molar-refractivity contribution in [3.05, 3.63) is 35.4 Å². The van der Waals surface area contributed by atoms with Crippen LogP contribution in [0.1, 0.15) is 24.0 Å². The Balaban J connectivity index is 2.89. The zero-order chi connectivity index (χ0) is 10.6. The van der Waals surface area contributed by atoms with Gasteiger partial charge in [-0.2, -0.15) is 0 Å². The maximum atomic E-state index is 10.8. The van der Waals surface area contributed by atoms with E-state index in [-0.39, 0.29) is 6.54 Å². The monoisotopic (exact) mass is 193 g/mol. The van der Waals surface area contributed by atoms with E-state index in [1.807, 2.05) is 24.3 Å². The molecule has 3 nitrogen and oxygen atoms in total. The van der Waals surface area contributed by atoms with E-state index in [0.29, 0.717) is 0 Å². The van der Waals surface area contributed by atoms with Gasteiger partial charge in [-0.1, -0.05) is 31.2 Å². The number of aryl methyl sites for hydroxylation is 1. The second-order valence-corrected chi connectivity index (χ2v) is 3.22. The van der Waals surface area contributed by atoms with Crippen LogP contribution in [-0.4, -0.2) is 17.6 Å². The van der Waals surface area contributed by atoms with Crippen molar-refractivity contribution in [1.82, 2.24) is 0 Å². The van der Waals surface area contributed by atoms with Gasteiger partial charge >= 0.3 is 5.97 Å². The van der Waals surface area contributed by atoms with E-state index in [1.165, 1.54) is 5.56 Å². The maximum absolute atomic E-state index is 10.8. The van der Waals surface area contributed by atoms with Crippen molar-refractivity contribution in [3.8, 4) is 0 Å². The number of nitrogens with two attached hydrogens (primary N) is 1. The molecule has 0 aromatic heterocycles. The van der Waals surface area contributed by atoms with Crippen LogP contribution in [0, 0.1) is 0 Å². The molecular weight excluding hydrogens is 178 g/mol. The van der Waals surface area contributed by atoms with E-state index in [1.54, 1.807) is 0 Å². The highest BCUT2D eigenvalue weighted by atomic mass is 16.4. The van der Waals surface area contributed by atoms with Crippen LogP contribution in [-0.2, 0) is 11.2 Å². The van der Waals surface area contributed by atoms with E-state index in [9.17, 15) is 4.79 Å². The Labute approximate surface area is 83.6 Å². The molecule has 0 fully saturated rings. The highest BCUT2D eigenvalue weighted by Gasteiger charge is 2.17. The minimum absolute atomic E-state index is 0.140. The first-order chi connectivity index (χ1) is 6.69. The van der Waals surface area contributed by atoms with Crippen LogP contribution >= 0.6 is 0 Å². The fraction of sp³-hybridized carbons (Fsp3) is 0.364. The summed E-state index contributed by atoms with van der Waals surface area (Å²) in [5.74, 6) is -1.45. The van der Waals surface area contributed by atoms with Crippen molar-refractivity contribution >= 4 is 5.97 Å². The Hall–Kier alpha value is -1.35. The Bertz CT molecular complexity index is 306. The lowest BCUT2D eigenvalue weighted by atomic mass is 9.98. The average molecular weight is 193 g/mol. The third kappa shape index (κ3) is 2.33. The summed E-state index contributed by atoms with van der Waals surface area (Å²) in [5, 5.41) is 8.87. The van der Waals surface area contributed by atoms with E-state index in [0.717, 1.165) is 12.0 Å². The first-order valence-corrected chi connectivity index (χ1v) is 4.70. The topological polar surface area (TPSA) is 63.3 Å². The lowest BCUT2D eigenvalue weighted by Crippen LogP contribution is -2.20. The molecule has 0 aliphatic rings. The van der Waals surface area contributed by atoms with Gasteiger partial charge in [0.05, 0.1) is 5.92 Å². The van der Waals surface area contributed by atoms with Crippen LogP contribution in [0.15, 0.2) is 24.3 Å². The summed E-state index contributed by atoms with van der Waals surface area (Å²) < 4.78 is 0. The molecule has 0 radical (unpaired) electrons. The van der Waals surface area contributed by atoms with E-state index in [4.69, 9.17) is 10.8 Å². The highest BCUT2D eigenvalue weighted by Crippen LogP contribution is 2.15.